The molecular formula is C18H25NO3. The summed E-state index contributed by atoms with van der Waals surface area (Å²) in [6.45, 7) is 2.75. The first kappa shape index (κ1) is 16.5. The Morgan fingerprint density at radius 2 is 1.82 bits per heavy atom. The molecule has 2 rings (SSSR count). The van der Waals surface area contributed by atoms with E-state index in [-0.39, 0.29) is 5.91 Å². The maximum absolute atomic E-state index is 12.2. The topological polar surface area (TPSA) is 57.6 Å². The number of carboxylic acid groups (broad SMARTS) is 1. The van der Waals surface area contributed by atoms with Gasteiger partial charge in [0.05, 0.1) is 0 Å². The minimum atomic E-state index is -0.877. The third kappa shape index (κ3) is 4.33. The fourth-order valence-electron chi connectivity index (χ4n) is 3.07. The second-order valence-electron chi connectivity index (χ2n) is 6.00. The monoisotopic (exact) mass is 303 g/mol. The van der Waals surface area contributed by atoms with Crippen LogP contribution in [-0.2, 0) is 22.4 Å². The fraction of sp³-hybridized carbons (Fsp3) is 0.556. The molecule has 1 fully saturated rings. The van der Waals surface area contributed by atoms with Gasteiger partial charge < -0.3 is 10.0 Å². The van der Waals surface area contributed by atoms with Crippen molar-refractivity contribution in [1.29, 1.82) is 0 Å². The second kappa shape index (κ2) is 7.97. The number of carboxylic acids is 1. The highest BCUT2D eigenvalue weighted by Gasteiger charge is 2.33. The van der Waals surface area contributed by atoms with E-state index in [1.165, 1.54) is 16.0 Å². The maximum Gasteiger partial charge on any atom is 0.326 e. The van der Waals surface area contributed by atoms with Crippen molar-refractivity contribution in [3.05, 3.63) is 35.4 Å². The van der Waals surface area contributed by atoms with Crippen molar-refractivity contribution in [3.63, 3.8) is 0 Å². The molecule has 120 valence electrons. The average molecular weight is 303 g/mol. The first-order valence-electron chi connectivity index (χ1n) is 8.22. The Labute approximate surface area is 132 Å². The molecule has 1 aliphatic heterocycles. The van der Waals surface area contributed by atoms with Gasteiger partial charge in [-0.1, -0.05) is 37.6 Å². The third-order valence-corrected chi connectivity index (χ3v) is 4.28. The number of carbonyl (C=O) groups is 2. The molecule has 0 aliphatic carbocycles. The van der Waals surface area contributed by atoms with E-state index in [1.807, 2.05) is 0 Å². The molecule has 0 spiro atoms. The first-order valence-corrected chi connectivity index (χ1v) is 8.22. The molecule has 0 radical (unpaired) electrons. The Kier molecular flexibility index (Phi) is 5.99. The number of benzene rings is 1. The summed E-state index contributed by atoms with van der Waals surface area (Å²) in [6, 6.07) is 7.96. The summed E-state index contributed by atoms with van der Waals surface area (Å²) < 4.78 is 0. The van der Waals surface area contributed by atoms with Gasteiger partial charge in [-0.3, -0.25) is 4.79 Å². The molecule has 4 nitrogen and oxygen atoms in total. The molecule has 1 N–H and O–H groups in total. The molecule has 0 aromatic heterocycles. The molecule has 1 amide bonds. The zero-order chi connectivity index (χ0) is 15.9. The third-order valence-electron chi connectivity index (χ3n) is 4.28. The largest absolute Gasteiger partial charge is 0.480 e. The Morgan fingerprint density at radius 3 is 2.41 bits per heavy atom. The van der Waals surface area contributed by atoms with E-state index < -0.39 is 12.0 Å². The van der Waals surface area contributed by atoms with Gasteiger partial charge in [0.25, 0.3) is 0 Å². The van der Waals surface area contributed by atoms with Crippen LogP contribution in [0.4, 0.5) is 0 Å². The highest BCUT2D eigenvalue weighted by Crippen LogP contribution is 2.19. The van der Waals surface area contributed by atoms with Gasteiger partial charge in [-0.2, -0.15) is 0 Å². The molecule has 1 saturated heterocycles. The van der Waals surface area contributed by atoms with Crippen molar-refractivity contribution in [3.8, 4) is 0 Å². The minimum Gasteiger partial charge on any atom is -0.480 e. The number of carbonyl (C=O) groups excluding carboxylic acids is 1. The van der Waals surface area contributed by atoms with Crippen LogP contribution in [0.3, 0.4) is 0 Å². The van der Waals surface area contributed by atoms with Crippen LogP contribution < -0.4 is 0 Å². The van der Waals surface area contributed by atoms with Crippen molar-refractivity contribution < 1.29 is 14.7 Å². The highest BCUT2D eigenvalue weighted by atomic mass is 16.4. The maximum atomic E-state index is 12.2. The van der Waals surface area contributed by atoms with Crippen LogP contribution >= 0.6 is 0 Å². The van der Waals surface area contributed by atoms with Gasteiger partial charge in [0, 0.05) is 13.0 Å². The van der Waals surface area contributed by atoms with Crippen molar-refractivity contribution >= 4 is 11.9 Å². The van der Waals surface area contributed by atoms with Crippen molar-refractivity contribution in [1.82, 2.24) is 4.90 Å². The van der Waals surface area contributed by atoms with E-state index in [0.29, 0.717) is 19.4 Å². The molecule has 1 heterocycles. The van der Waals surface area contributed by atoms with Crippen LogP contribution in [0.25, 0.3) is 0 Å². The molecule has 1 aromatic rings. The smallest absolute Gasteiger partial charge is 0.326 e. The number of hydrogen-bond acceptors (Lipinski definition) is 2. The van der Waals surface area contributed by atoms with Gasteiger partial charge in [-0.05, 0) is 43.2 Å². The van der Waals surface area contributed by atoms with E-state index in [1.54, 1.807) is 0 Å². The van der Waals surface area contributed by atoms with Gasteiger partial charge in [0.15, 0.2) is 0 Å². The SMILES string of the molecule is CCCc1ccc(CCCC(=O)N2CCCC2C(=O)O)cc1. The predicted molar refractivity (Wildman–Crippen MR) is 85.7 cm³/mol. The highest BCUT2D eigenvalue weighted by molar-refractivity contribution is 5.84. The molecule has 0 bridgehead atoms. The number of likely N-dealkylation sites (tertiary alicyclic amines) is 1. The summed E-state index contributed by atoms with van der Waals surface area (Å²) in [4.78, 5) is 24.8. The normalized spacial score (nSPS) is 17.7. The number of hydrogen-bond donors (Lipinski definition) is 1. The van der Waals surface area contributed by atoms with Gasteiger partial charge in [-0.25, -0.2) is 4.79 Å². The second-order valence-corrected chi connectivity index (χ2v) is 6.00. The van der Waals surface area contributed by atoms with Gasteiger partial charge in [0.1, 0.15) is 6.04 Å². The lowest BCUT2D eigenvalue weighted by Gasteiger charge is -2.21. The number of nitrogens with zero attached hydrogens (tertiary/aromatic N) is 1. The zero-order valence-electron chi connectivity index (χ0n) is 13.3. The van der Waals surface area contributed by atoms with Crippen molar-refractivity contribution in [2.75, 3.05) is 6.54 Å². The lowest BCUT2D eigenvalue weighted by atomic mass is 10.0. The zero-order valence-corrected chi connectivity index (χ0v) is 13.3. The van der Waals surface area contributed by atoms with Crippen molar-refractivity contribution in [2.45, 2.75) is 57.9 Å². The summed E-state index contributed by atoms with van der Waals surface area (Å²) in [6.07, 6.45) is 5.69. The number of aliphatic carboxylic acids is 1. The number of aryl methyl sites for hydroxylation is 2. The van der Waals surface area contributed by atoms with E-state index >= 15 is 0 Å². The Morgan fingerprint density at radius 1 is 1.18 bits per heavy atom. The van der Waals surface area contributed by atoms with E-state index in [4.69, 9.17) is 5.11 Å². The Hall–Kier alpha value is -1.84. The Balaban J connectivity index is 1.78. The summed E-state index contributed by atoms with van der Waals surface area (Å²) in [7, 11) is 0. The van der Waals surface area contributed by atoms with E-state index in [2.05, 4.69) is 31.2 Å². The van der Waals surface area contributed by atoms with Crippen LogP contribution in [0.5, 0.6) is 0 Å². The lowest BCUT2D eigenvalue weighted by Crippen LogP contribution is -2.40. The fourth-order valence-corrected chi connectivity index (χ4v) is 3.07. The summed E-state index contributed by atoms with van der Waals surface area (Å²) in [5.41, 5.74) is 2.59. The molecule has 22 heavy (non-hydrogen) atoms. The molecule has 1 atom stereocenters. The summed E-state index contributed by atoms with van der Waals surface area (Å²) in [5.74, 6) is -0.898. The summed E-state index contributed by atoms with van der Waals surface area (Å²) >= 11 is 0. The predicted octanol–water partition coefficient (Wildman–Crippen LogP) is 3.04. The standard InChI is InChI=1S/C18H25NO3/c1-2-5-14-9-11-15(12-10-14)6-3-8-17(20)19-13-4-7-16(19)18(21)22/h9-12,16H,2-8,13H2,1H3,(H,21,22). The van der Waals surface area contributed by atoms with Crippen LogP contribution in [0.15, 0.2) is 24.3 Å². The molecule has 0 saturated carbocycles. The molecule has 4 heteroatoms. The van der Waals surface area contributed by atoms with E-state index in [0.717, 1.165) is 32.1 Å². The molecular weight excluding hydrogens is 278 g/mol. The van der Waals surface area contributed by atoms with Crippen LogP contribution in [-0.4, -0.2) is 34.5 Å². The number of amides is 1. The van der Waals surface area contributed by atoms with Gasteiger partial charge in [-0.15, -0.1) is 0 Å². The van der Waals surface area contributed by atoms with E-state index in [9.17, 15) is 9.59 Å². The first-order chi connectivity index (χ1) is 10.6. The average Bonchev–Trinajstić information content (AvgIpc) is 2.99. The molecule has 1 aromatic carbocycles. The lowest BCUT2D eigenvalue weighted by molar-refractivity contribution is -0.148. The van der Waals surface area contributed by atoms with Gasteiger partial charge >= 0.3 is 5.97 Å². The number of rotatable bonds is 7. The van der Waals surface area contributed by atoms with Crippen molar-refractivity contribution in [2.24, 2.45) is 0 Å². The minimum absolute atomic E-state index is 0.0208. The molecule has 1 aliphatic rings. The molecule has 1 unspecified atom stereocenters. The van der Waals surface area contributed by atoms with Crippen LogP contribution in [0, 0.1) is 0 Å². The van der Waals surface area contributed by atoms with Crippen LogP contribution in [0.2, 0.25) is 0 Å². The quantitative estimate of drug-likeness (QED) is 0.842. The van der Waals surface area contributed by atoms with Gasteiger partial charge in [0.2, 0.25) is 5.91 Å². The summed E-state index contributed by atoms with van der Waals surface area (Å²) in [5, 5.41) is 9.11. The van der Waals surface area contributed by atoms with Crippen LogP contribution in [0.1, 0.15) is 50.2 Å². The Bertz CT molecular complexity index is 510.